The van der Waals surface area contributed by atoms with Gasteiger partial charge in [0.1, 0.15) is 12.4 Å². The van der Waals surface area contributed by atoms with Gasteiger partial charge in [-0.2, -0.15) is 0 Å². The van der Waals surface area contributed by atoms with Gasteiger partial charge in [-0.3, -0.25) is 4.79 Å². The summed E-state index contributed by atoms with van der Waals surface area (Å²) in [5.74, 6) is 0.702. The molecule has 1 amide bonds. The summed E-state index contributed by atoms with van der Waals surface area (Å²) in [6.45, 7) is 2.19. The van der Waals surface area contributed by atoms with E-state index in [1.807, 2.05) is 35.5 Å². The van der Waals surface area contributed by atoms with Gasteiger partial charge in [0.25, 0.3) is 11.7 Å². The molecule has 0 aromatic carbocycles. The lowest BCUT2D eigenvalue weighted by Gasteiger charge is -1.93. The summed E-state index contributed by atoms with van der Waals surface area (Å²) in [7, 11) is 1.92. The third-order valence-electron chi connectivity index (χ3n) is 1.72. The molecule has 0 atom stereocenters. The molecule has 0 radical (unpaired) electrons. The van der Waals surface area contributed by atoms with Crippen LogP contribution in [0, 0.1) is 6.92 Å². The van der Waals surface area contributed by atoms with Crippen LogP contribution in [0.5, 0.6) is 0 Å². The van der Waals surface area contributed by atoms with Gasteiger partial charge in [-0.25, -0.2) is 9.13 Å². The van der Waals surface area contributed by atoms with Crippen molar-refractivity contribution in [3.8, 4) is 0 Å². The Kier molecular flexibility index (Phi) is 3.95. The number of carbonyl (C=O) groups is 1. The van der Waals surface area contributed by atoms with Gasteiger partial charge in [-0.05, 0) is 0 Å². The third-order valence-corrected chi connectivity index (χ3v) is 1.72. The number of amides is 1. The van der Waals surface area contributed by atoms with E-state index in [0.29, 0.717) is 0 Å². The summed E-state index contributed by atoms with van der Waals surface area (Å²) in [5.41, 5.74) is 5.03. The van der Waals surface area contributed by atoms with Gasteiger partial charge < -0.3 is 22.7 Å². The maximum Gasteiger partial charge on any atom is 0.259 e. The van der Waals surface area contributed by atoms with Crippen molar-refractivity contribution in [2.24, 2.45) is 12.8 Å². The summed E-state index contributed by atoms with van der Waals surface area (Å²) < 4.78 is 3.74. The van der Waals surface area contributed by atoms with Crippen molar-refractivity contribution in [2.45, 2.75) is 13.5 Å². The first-order valence-electron chi connectivity index (χ1n) is 3.41. The highest BCUT2D eigenvalue weighted by Crippen LogP contribution is 1.90. The molecule has 0 bridgehead atoms. The molecule has 1 heterocycles. The number of imidazole rings is 1. The Morgan fingerprint density at radius 3 is 2.67 bits per heavy atom. The molecule has 1 aromatic rings. The van der Waals surface area contributed by atoms with E-state index in [-0.39, 0.29) is 29.4 Å². The minimum absolute atomic E-state index is 0. The molecule has 0 aliphatic rings. The van der Waals surface area contributed by atoms with Crippen molar-refractivity contribution in [3.05, 3.63) is 18.2 Å². The number of hydrogen-bond acceptors (Lipinski definition) is 1. The lowest BCUT2D eigenvalue weighted by atomic mass is 10.5. The smallest absolute Gasteiger partial charge is 0.259 e. The first kappa shape index (κ1) is 11.2. The molecule has 2 N–H and O–H groups in total. The van der Waals surface area contributed by atoms with Gasteiger partial charge in [0.15, 0.2) is 6.54 Å². The van der Waals surface area contributed by atoms with Gasteiger partial charge in [0, 0.05) is 6.92 Å². The number of hydrogen-bond donors (Lipinski definition) is 1. The fourth-order valence-corrected chi connectivity index (χ4v) is 0.934. The summed E-state index contributed by atoms with van der Waals surface area (Å²) in [4.78, 5) is 10.5. The molecule has 0 unspecified atom stereocenters. The van der Waals surface area contributed by atoms with Crippen LogP contribution in [-0.4, -0.2) is 10.5 Å². The van der Waals surface area contributed by atoms with E-state index in [1.165, 1.54) is 0 Å². The summed E-state index contributed by atoms with van der Waals surface area (Å²) in [6, 6.07) is 0. The standard InChI is InChI=1S/C7H11N3O.BrH/c1-6-9(2)3-4-10(6)5-7(8)11;/h3-4H,5H2,1-2H3,(H-,8,11);1H. The number of nitrogens with two attached hydrogens (primary N) is 1. The molecule has 12 heavy (non-hydrogen) atoms. The van der Waals surface area contributed by atoms with Crippen molar-refractivity contribution in [2.75, 3.05) is 0 Å². The fourth-order valence-electron chi connectivity index (χ4n) is 0.934. The monoisotopic (exact) mass is 233 g/mol. The van der Waals surface area contributed by atoms with Crippen molar-refractivity contribution in [1.82, 2.24) is 4.57 Å². The largest absolute Gasteiger partial charge is 1.00 e. The van der Waals surface area contributed by atoms with Crippen LogP contribution in [0.4, 0.5) is 0 Å². The fraction of sp³-hybridized carbons (Fsp3) is 0.429. The molecule has 0 saturated carbocycles. The summed E-state index contributed by atoms with van der Waals surface area (Å²) in [6.07, 6.45) is 3.72. The SMILES string of the molecule is Cc1n(CC(N)=O)cc[n+]1C.[Br-]. The topological polar surface area (TPSA) is 51.9 Å². The molecule has 4 nitrogen and oxygen atoms in total. The minimum Gasteiger partial charge on any atom is -1.00 e. The molecule has 0 saturated heterocycles. The van der Waals surface area contributed by atoms with Gasteiger partial charge in [0.2, 0.25) is 0 Å². The Bertz CT molecular complexity index is 282. The Morgan fingerprint density at radius 1 is 1.75 bits per heavy atom. The Hall–Kier alpha value is -0.840. The van der Waals surface area contributed by atoms with E-state index in [9.17, 15) is 4.79 Å². The quantitative estimate of drug-likeness (QED) is 0.523. The van der Waals surface area contributed by atoms with Crippen molar-refractivity contribution >= 4 is 5.91 Å². The average Bonchev–Trinajstić information content (AvgIpc) is 2.18. The second-order valence-corrected chi connectivity index (χ2v) is 2.55. The molecular formula is C7H12BrN3O. The zero-order valence-electron chi connectivity index (χ0n) is 7.12. The van der Waals surface area contributed by atoms with E-state index in [2.05, 4.69) is 0 Å². The maximum absolute atomic E-state index is 10.5. The van der Waals surface area contributed by atoms with Crippen LogP contribution in [-0.2, 0) is 18.4 Å². The number of carbonyl (C=O) groups excluding carboxylic acids is 1. The molecule has 0 aliphatic heterocycles. The number of aryl methyl sites for hydroxylation is 1. The molecule has 1 rings (SSSR count). The van der Waals surface area contributed by atoms with E-state index < -0.39 is 0 Å². The van der Waals surface area contributed by atoms with Crippen molar-refractivity contribution in [3.63, 3.8) is 0 Å². The first-order valence-corrected chi connectivity index (χ1v) is 3.41. The van der Waals surface area contributed by atoms with Gasteiger partial charge in [0.05, 0.1) is 7.05 Å². The van der Waals surface area contributed by atoms with Crippen LogP contribution < -0.4 is 27.3 Å². The van der Waals surface area contributed by atoms with Crippen LogP contribution in [0.2, 0.25) is 0 Å². The normalized spacial score (nSPS) is 9.17. The lowest BCUT2D eigenvalue weighted by molar-refractivity contribution is -0.677. The van der Waals surface area contributed by atoms with Crippen LogP contribution in [0.3, 0.4) is 0 Å². The van der Waals surface area contributed by atoms with Crippen molar-refractivity contribution in [1.29, 1.82) is 0 Å². The molecule has 5 heteroatoms. The summed E-state index contributed by atoms with van der Waals surface area (Å²) >= 11 is 0. The highest BCUT2D eigenvalue weighted by molar-refractivity contribution is 5.73. The highest BCUT2D eigenvalue weighted by Gasteiger charge is 2.09. The number of aromatic nitrogens is 2. The number of halogens is 1. The third kappa shape index (κ3) is 2.34. The number of primary amides is 1. The maximum atomic E-state index is 10.5. The Labute approximate surface area is 81.8 Å². The van der Waals surface area contributed by atoms with Gasteiger partial charge in [-0.15, -0.1) is 0 Å². The van der Waals surface area contributed by atoms with E-state index in [1.54, 1.807) is 0 Å². The lowest BCUT2D eigenvalue weighted by Crippen LogP contribution is -3.00. The zero-order valence-corrected chi connectivity index (χ0v) is 8.71. The molecular weight excluding hydrogens is 222 g/mol. The molecule has 0 fully saturated rings. The second-order valence-electron chi connectivity index (χ2n) is 2.55. The Morgan fingerprint density at radius 2 is 2.33 bits per heavy atom. The van der Waals surface area contributed by atoms with Crippen LogP contribution in [0.25, 0.3) is 0 Å². The molecule has 68 valence electrons. The number of rotatable bonds is 2. The number of nitrogens with zero attached hydrogens (tertiary/aromatic N) is 2. The molecule has 0 spiro atoms. The average molecular weight is 234 g/mol. The van der Waals surface area contributed by atoms with Crippen molar-refractivity contribution < 1.29 is 26.3 Å². The van der Waals surface area contributed by atoms with Gasteiger partial charge in [-0.1, -0.05) is 0 Å². The first-order chi connectivity index (χ1) is 5.11. The molecule has 0 aliphatic carbocycles. The van der Waals surface area contributed by atoms with E-state index >= 15 is 0 Å². The minimum atomic E-state index is -0.315. The predicted molar refractivity (Wildman–Crippen MR) is 39.5 cm³/mol. The molecule has 1 aromatic heterocycles. The highest BCUT2D eigenvalue weighted by atomic mass is 79.9. The summed E-state index contributed by atoms with van der Waals surface area (Å²) in [5, 5.41) is 0. The zero-order chi connectivity index (χ0) is 8.43. The van der Waals surface area contributed by atoms with E-state index in [0.717, 1.165) is 5.82 Å². The predicted octanol–water partition coefficient (Wildman–Crippen LogP) is -3.89. The van der Waals surface area contributed by atoms with Crippen LogP contribution >= 0.6 is 0 Å². The van der Waals surface area contributed by atoms with Crippen LogP contribution in [0.15, 0.2) is 12.4 Å². The van der Waals surface area contributed by atoms with E-state index in [4.69, 9.17) is 5.73 Å². The second kappa shape index (κ2) is 4.25. The van der Waals surface area contributed by atoms with Crippen LogP contribution in [0.1, 0.15) is 5.82 Å². The Balaban J connectivity index is 0.00000121. The van der Waals surface area contributed by atoms with Gasteiger partial charge >= 0.3 is 0 Å².